The fourth-order valence-corrected chi connectivity index (χ4v) is 3.21. The van der Waals surface area contributed by atoms with Gasteiger partial charge in [-0.3, -0.25) is 9.79 Å². The van der Waals surface area contributed by atoms with E-state index in [4.69, 9.17) is 4.74 Å². The molecule has 1 aromatic carbocycles. The molecule has 0 aliphatic carbocycles. The third-order valence-electron chi connectivity index (χ3n) is 4.85. The standard InChI is InChI=1S/C21H34N4O2.HI/c1-4-22-21(25(3)13-8-18-9-14-27-15-10-18)24-12-11-23-20(26)19-7-5-6-17(2)16-19;/h5-7,16,18H,4,8-15H2,1-3H3,(H,22,24)(H,23,26);1H. The SMILES string of the molecule is CCNC(=NCCNC(=O)c1cccc(C)c1)N(C)CCC1CCOCC1.I. The van der Waals surface area contributed by atoms with Crippen LogP contribution < -0.4 is 10.6 Å². The van der Waals surface area contributed by atoms with Gasteiger partial charge in [0.1, 0.15) is 0 Å². The molecule has 1 aliphatic heterocycles. The number of benzene rings is 1. The van der Waals surface area contributed by atoms with Crippen LogP contribution in [0.5, 0.6) is 0 Å². The minimum atomic E-state index is -0.0493. The fraction of sp³-hybridized carbons (Fsp3) is 0.619. The number of carbonyl (C=O) groups is 1. The topological polar surface area (TPSA) is 66.0 Å². The van der Waals surface area contributed by atoms with Crippen LogP contribution >= 0.6 is 24.0 Å². The third kappa shape index (κ3) is 8.77. The van der Waals surface area contributed by atoms with E-state index in [9.17, 15) is 4.79 Å². The number of amides is 1. The van der Waals surface area contributed by atoms with Crippen LogP contribution in [-0.4, -0.2) is 63.2 Å². The number of ether oxygens (including phenoxy) is 1. The van der Waals surface area contributed by atoms with Gasteiger partial charge in [0, 0.05) is 45.5 Å². The van der Waals surface area contributed by atoms with E-state index in [1.807, 2.05) is 31.2 Å². The predicted octanol–water partition coefficient (Wildman–Crippen LogP) is 3.06. The molecule has 28 heavy (non-hydrogen) atoms. The summed E-state index contributed by atoms with van der Waals surface area (Å²) in [6.45, 7) is 8.73. The summed E-state index contributed by atoms with van der Waals surface area (Å²) >= 11 is 0. The van der Waals surface area contributed by atoms with Crippen LogP contribution in [0.15, 0.2) is 29.3 Å². The Balaban J connectivity index is 0.00000392. The normalized spacial score (nSPS) is 14.9. The molecule has 0 unspecified atom stereocenters. The van der Waals surface area contributed by atoms with Gasteiger partial charge in [0.2, 0.25) is 0 Å². The second-order valence-corrected chi connectivity index (χ2v) is 7.13. The Morgan fingerprint density at radius 3 is 2.71 bits per heavy atom. The Labute approximate surface area is 186 Å². The van der Waals surface area contributed by atoms with Crippen LogP contribution in [0.4, 0.5) is 0 Å². The first-order chi connectivity index (χ1) is 13.1. The summed E-state index contributed by atoms with van der Waals surface area (Å²) in [7, 11) is 2.08. The molecule has 0 atom stereocenters. The number of hydrogen-bond acceptors (Lipinski definition) is 3. The van der Waals surface area contributed by atoms with Gasteiger partial charge in [-0.1, -0.05) is 17.7 Å². The van der Waals surface area contributed by atoms with Crippen LogP contribution in [0.25, 0.3) is 0 Å². The van der Waals surface area contributed by atoms with Crippen molar-refractivity contribution in [3.05, 3.63) is 35.4 Å². The van der Waals surface area contributed by atoms with E-state index in [1.165, 1.54) is 0 Å². The van der Waals surface area contributed by atoms with E-state index < -0.39 is 0 Å². The van der Waals surface area contributed by atoms with Gasteiger partial charge < -0.3 is 20.3 Å². The van der Waals surface area contributed by atoms with Gasteiger partial charge in [-0.05, 0) is 51.2 Å². The summed E-state index contributed by atoms with van der Waals surface area (Å²) < 4.78 is 5.43. The van der Waals surface area contributed by atoms with E-state index in [1.54, 1.807) is 0 Å². The highest BCUT2D eigenvalue weighted by molar-refractivity contribution is 14.0. The molecule has 1 amide bonds. The van der Waals surface area contributed by atoms with E-state index in [0.717, 1.165) is 63.0 Å². The lowest BCUT2D eigenvalue weighted by Gasteiger charge is -2.26. The highest BCUT2D eigenvalue weighted by Gasteiger charge is 2.15. The zero-order valence-corrected chi connectivity index (χ0v) is 19.7. The van der Waals surface area contributed by atoms with Crippen molar-refractivity contribution < 1.29 is 9.53 Å². The molecule has 6 nitrogen and oxygen atoms in total. The first-order valence-corrected chi connectivity index (χ1v) is 10.0. The molecule has 1 aliphatic rings. The minimum absolute atomic E-state index is 0. The zero-order valence-electron chi connectivity index (χ0n) is 17.4. The Bertz CT molecular complexity index is 618. The second-order valence-electron chi connectivity index (χ2n) is 7.13. The van der Waals surface area contributed by atoms with Gasteiger partial charge in [0.15, 0.2) is 5.96 Å². The molecule has 0 saturated carbocycles. The van der Waals surface area contributed by atoms with Crippen LogP contribution in [0.2, 0.25) is 0 Å². The number of rotatable bonds is 8. The molecular weight excluding hydrogens is 467 g/mol. The Morgan fingerprint density at radius 2 is 2.04 bits per heavy atom. The monoisotopic (exact) mass is 502 g/mol. The lowest BCUT2D eigenvalue weighted by Crippen LogP contribution is -2.40. The lowest BCUT2D eigenvalue weighted by molar-refractivity contribution is 0.0625. The number of nitrogens with one attached hydrogen (secondary N) is 2. The predicted molar refractivity (Wildman–Crippen MR) is 126 cm³/mol. The Morgan fingerprint density at radius 1 is 1.29 bits per heavy atom. The molecule has 1 saturated heterocycles. The molecule has 158 valence electrons. The van der Waals surface area contributed by atoms with E-state index in [0.29, 0.717) is 18.7 Å². The average Bonchev–Trinajstić information content (AvgIpc) is 2.69. The maximum atomic E-state index is 12.2. The third-order valence-corrected chi connectivity index (χ3v) is 4.85. The Kier molecular flexibility index (Phi) is 12.1. The van der Waals surface area contributed by atoms with Crippen LogP contribution in [0, 0.1) is 12.8 Å². The molecular formula is C21H35IN4O2. The first-order valence-electron chi connectivity index (χ1n) is 10.0. The average molecular weight is 502 g/mol. The van der Waals surface area contributed by atoms with Gasteiger partial charge in [0.25, 0.3) is 5.91 Å². The lowest BCUT2D eigenvalue weighted by atomic mass is 9.96. The number of guanidine groups is 1. The molecule has 2 N–H and O–H groups in total. The van der Waals surface area contributed by atoms with Crippen molar-refractivity contribution >= 4 is 35.8 Å². The molecule has 7 heteroatoms. The highest BCUT2D eigenvalue weighted by atomic mass is 127. The maximum Gasteiger partial charge on any atom is 0.251 e. The van der Waals surface area contributed by atoms with Crippen molar-refractivity contribution in [3.63, 3.8) is 0 Å². The minimum Gasteiger partial charge on any atom is -0.381 e. The number of aliphatic imine (C=N–C) groups is 1. The summed E-state index contributed by atoms with van der Waals surface area (Å²) in [5.41, 5.74) is 1.78. The van der Waals surface area contributed by atoms with Crippen molar-refractivity contribution in [1.82, 2.24) is 15.5 Å². The van der Waals surface area contributed by atoms with Crippen LogP contribution in [0.3, 0.4) is 0 Å². The molecule has 1 fully saturated rings. The van der Waals surface area contributed by atoms with Crippen LogP contribution in [-0.2, 0) is 4.74 Å². The summed E-state index contributed by atoms with van der Waals surface area (Å²) in [4.78, 5) is 19.0. The van der Waals surface area contributed by atoms with Crippen molar-refractivity contribution in [2.75, 3.05) is 46.4 Å². The van der Waals surface area contributed by atoms with Crippen molar-refractivity contribution in [2.24, 2.45) is 10.9 Å². The molecule has 0 bridgehead atoms. The number of carbonyl (C=O) groups excluding carboxylic acids is 1. The maximum absolute atomic E-state index is 12.2. The number of halogens is 1. The van der Waals surface area contributed by atoms with Crippen molar-refractivity contribution in [1.29, 1.82) is 0 Å². The molecule has 0 spiro atoms. The van der Waals surface area contributed by atoms with Gasteiger partial charge >= 0.3 is 0 Å². The Hall–Kier alpha value is -1.35. The zero-order chi connectivity index (χ0) is 19.5. The molecule has 0 aromatic heterocycles. The van der Waals surface area contributed by atoms with Gasteiger partial charge in [-0.2, -0.15) is 0 Å². The largest absolute Gasteiger partial charge is 0.381 e. The quantitative estimate of drug-likeness (QED) is 0.248. The molecule has 2 rings (SSSR count). The number of nitrogens with zero attached hydrogens (tertiary/aromatic N) is 2. The second kappa shape index (κ2) is 13.8. The van der Waals surface area contributed by atoms with E-state index in [-0.39, 0.29) is 29.9 Å². The summed E-state index contributed by atoms with van der Waals surface area (Å²) in [6.07, 6.45) is 3.48. The smallest absolute Gasteiger partial charge is 0.251 e. The van der Waals surface area contributed by atoms with E-state index >= 15 is 0 Å². The summed E-state index contributed by atoms with van der Waals surface area (Å²) in [6, 6.07) is 7.62. The summed E-state index contributed by atoms with van der Waals surface area (Å²) in [5, 5.41) is 6.28. The fourth-order valence-electron chi connectivity index (χ4n) is 3.21. The van der Waals surface area contributed by atoms with Crippen molar-refractivity contribution in [3.8, 4) is 0 Å². The van der Waals surface area contributed by atoms with Gasteiger partial charge in [0.05, 0.1) is 6.54 Å². The van der Waals surface area contributed by atoms with Crippen molar-refractivity contribution in [2.45, 2.75) is 33.1 Å². The number of aryl methyl sites for hydroxylation is 1. The van der Waals surface area contributed by atoms with Gasteiger partial charge in [-0.25, -0.2) is 0 Å². The molecule has 0 radical (unpaired) electrons. The number of hydrogen-bond donors (Lipinski definition) is 2. The molecule has 1 heterocycles. The highest BCUT2D eigenvalue weighted by Crippen LogP contribution is 2.18. The van der Waals surface area contributed by atoms with Crippen LogP contribution in [0.1, 0.15) is 42.1 Å². The summed E-state index contributed by atoms with van der Waals surface area (Å²) in [5.74, 6) is 1.60. The first kappa shape index (κ1) is 24.7. The van der Waals surface area contributed by atoms with E-state index in [2.05, 4.69) is 34.5 Å². The van der Waals surface area contributed by atoms with Gasteiger partial charge in [-0.15, -0.1) is 24.0 Å². The molecule has 1 aromatic rings.